The summed E-state index contributed by atoms with van der Waals surface area (Å²) in [6, 6.07) is 0. The molecule has 0 N–H and O–H groups in total. The highest BCUT2D eigenvalue weighted by Crippen LogP contribution is 2.50. The minimum absolute atomic E-state index is 0.293. The summed E-state index contributed by atoms with van der Waals surface area (Å²) in [5.74, 6) is 0.725. The molecule has 1 saturated carbocycles. The predicted molar refractivity (Wildman–Crippen MR) is 49.1 cm³/mol. The molecule has 13 heavy (non-hydrogen) atoms. The second-order valence-electron chi connectivity index (χ2n) is 4.49. The maximum atomic E-state index is 5.81. The number of fused-ring (bicyclic) bond motifs is 4. The summed E-state index contributed by atoms with van der Waals surface area (Å²) in [4.78, 5) is 0. The van der Waals surface area contributed by atoms with Crippen molar-refractivity contribution in [3.8, 4) is 0 Å². The highest BCUT2D eigenvalue weighted by atomic mass is 16.8. The van der Waals surface area contributed by atoms with E-state index in [2.05, 4.69) is 24.3 Å². The molecule has 1 aliphatic heterocycles. The van der Waals surface area contributed by atoms with Gasteiger partial charge in [0, 0.05) is 11.8 Å². The van der Waals surface area contributed by atoms with Crippen molar-refractivity contribution >= 4 is 0 Å². The van der Waals surface area contributed by atoms with E-state index < -0.39 is 0 Å². The zero-order valence-electron chi connectivity index (χ0n) is 7.94. The Morgan fingerprint density at radius 3 is 1.85 bits per heavy atom. The molecule has 4 atom stereocenters. The molecule has 0 spiro atoms. The zero-order valence-corrected chi connectivity index (χ0v) is 7.94. The van der Waals surface area contributed by atoms with E-state index in [1.54, 1.807) is 0 Å². The van der Waals surface area contributed by atoms with E-state index in [0.717, 1.165) is 0 Å². The Morgan fingerprint density at radius 2 is 1.38 bits per heavy atom. The fourth-order valence-electron chi connectivity index (χ4n) is 2.57. The lowest BCUT2D eigenvalue weighted by molar-refractivity contribution is -0.139. The fourth-order valence-corrected chi connectivity index (χ4v) is 2.57. The van der Waals surface area contributed by atoms with Crippen molar-refractivity contribution in [3.05, 3.63) is 24.3 Å². The van der Waals surface area contributed by atoms with Crippen LogP contribution in [0, 0.1) is 11.8 Å². The Morgan fingerprint density at radius 1 is 0.923 bits per heavy atom. The molecule has 3 aliphatic rings. The van der Waals surface area contributed by atoms with Crippen molar-refractivity contribution in [1.29, 1.82) is 0 Å². The van der Waals surface area contributed by atoms with Gasteiger partial charge in [0.2, 0.25) is 0 Å². The van der Waals surface area contributed by atoms with E-state index >= 15 is 0 Å². The predicted octanol–water partition coefficient (Wildman–Crippen LogP) is 1.88. The van der Waals surface area contributed by atoms with Crippen LogP contribution in [-0.2, 0) is 9.47 Å². The van der Waals surface area contributed by atoms with Crippen LogP contribution in [0.3, 0.4) is 0 Å². The van der Waals surface area contributed by atoms with Gasteiger partial charge in [0.1, 0.15) is 0 Å². The maximum Gasteiger partial charge on any atom is 0.163 e. The van der Waals surface area contributed by atoms with Gasteiger partial charge in [-0.3, -0.25) is 0 Å². The number of rotatable bonds is 0. The van der Waals surface area contributed by atoms with Crippen LogP contribution in [0.25, 0.3) is 0 Å². The molecule has 0 aromatic rings. The Kier molecular flexibility index (Phi) is 1.35. The van der Waals surface area contributed by atoms with E-state index in [-0.39, 0.29) is 5.79 Å². The smallest absolute Gasteiger partial charge is 0.163 e. The van der Waals surface area contributed by atoms with Crippen LogP contribution in [0.4, 0.5) is 0 Å². The van der Waals surface area contributed by atoms with Crippen molar-refractivity contribution in [2.75, 3.05) is 0 Å². The summed E-state index contributed by atoms with van der Waals surface area (Å²) in [5, 5.41) is 0. The van der Waals surface area contributed by atoms with Gasteiger partial charge in [0.05, 0.1) is 12.2 Å². The molecule has 0 bridgehead atoms. The number of ether oxygens (including phenoxy) is 2. The number of hydrogen-bond acceptors (Lipinski definition) is 2. The van der Waals surface area contributed by atoms with Crippen LogP contribution < -0.4 is 0 Å². The zero-order chi connectivity index (χ0) is 9.05. The van der Waals surface area contributed by atoms with Gasteiger partial charge in [-0.1, -0.05) is 24.3 Å². The summed E-state index contributed by atoms with van der Waals surface area (Å²) in [6.45, 7) is 3.98. The molecule has 70 valence electrons. The standard InChI is InChI=1S/C11H14O2/c1-11(2)12-9-7-5-3-4-6-8(7)10(9)13-11/h3-10H,1-2H3. The van der Waals surface area contributed by atoms with Crippen LogP contribution in [0.1, 0.15) is 13.8 Å². The van der Waals surface area contributed by atoms with Gasteiger partial charge in [0.15, 0.2) is 5.79 Å². The third-order valence-corrected chi connectivity index (χ3v) is 3.14. The molecule has 2 nitrogen and oxygen atoms in total. The quantitative estimate of drug-likeness (QED) is 0.564. The number of allylic oxidation sites excluding steroid dienone is 2. The van der Waals surface area contributed by atoms with Gasteiger partial charge in [0.25, 0.3) is 0 Å². The summed E-state index contributed by atoms with van der Waals surface area (Å²) < 4.78 is 11.6. The molecule has 2 heteroatoms. The van der Waals surface area contributed by atoms with Gasteiger partial charge in [-0.25, -0.2) is 0 Å². The van der Waals surface area contributed by atoms with E-state index in [1.165, 1.54) is 0 Å². The summed E-state index contributed by atoms with van der Waals surface area (Å²) >= 11 is 0. The molecule has 1 heterocycles. The molecular formula is C11H14O2. The highest BCUT2D eigenvalue weighted by Gasteiger charge is 2.58. The fraction of sp³-hybridized carbons (Fsp3) is 0.636. The SMILES string of the molecule is CC1(C)OC2C3C=CC=CC3C2O1. The average molecular weight is 178 g/mol. The Hall–Kier alpha value is -0.600. The van der Waals surface area contributed by atoms with Gasteiger partial charge in [-0.15, -0.1) is 0 Å². The van der Waals surface area contributed by atoms with Crippen molar-refractivity contribution in [2.45, 2.75) is 31.8 Å². The van der Waals surface area contributed by atoms with Crippen LogP contribution in [0.2, 0.25) is 0 Å². The Bertz CT molecular complexity index is 262. The summed E-state index contributed by atoms with van der Waals surface area (Å²) in [6.07, 6.45) is 9.26. The molecule has 0 aromatic carbocycles. The lowest BCUT2D eigenvalue weighted by atomic mass is 9.67. The molecule has 1 saturated heterocycles. The van der Waals surface area contributed by atoms with Crippen LogP contribution >= 0.6 is 0 Å². The van der Waals surface area contributed by atoms with Crippen LogP contribution in [-0.4, -0.2) is 18.0 Å². The molecule has 3 rings (SSSR count). The first-order chi connectivity index (χ1) is 6.17. The lowest BCUT2D eigenvalue weighted by Crippen LogP contribution is -2.52. The summed E-state index contributed by atoms with van der Waals surface area (Å²) in [7, 11) is 0. The van der Waals surface area contributed by atoms with E-state index in [9.17, 15) is 0 Å². The summed E-state index contributed by atoms with van der Waals surface area (Å²) in [5.41, 5.74) is 0. The monoisotopic (exact) mass is 178 g/mol. The molecule has 2 fully saturated rings. The van der Waals surface area contributed by atoms with Gasteiger partial charge >= 0.3 is 0 Å². The molecule has 2 aliphatic carbocycles. The topological polar surface area (TPSA) is 18.5 Å². The van der Waals surface area contributed by atoms with E-state index in [0.29, 0.717) is 24.0 Å². The minimum atomic E-state index is -0.381. The molecule has 0 amide bonds. The van der Waals surface area contributed by atoms with Crippen molar-refractivity contribution in [1.82, 2.24) is 0 Å². The highest BCUT2D eigenvalue weighted by molar-refractivity contribution is 5.25. The maximum absolute atomic E-state index is 5.81. The third-order valence-electron chi connectivity index (χ3n) is 3.14. The first kappa shape index (κ1) is 7.77. The minimum Gasteiger partial charge on any atom is -0.344 e. The van der Waals surface area contributed by atoms with Gasteiger partial charge < -0.3 is 9.47 Å². The van der Waals surface area contributed by atoms with Gasteiger partial charge in [-0.05, 0) is 13.8 Å². The van der Waals surface area contributed by atoms with E-state index in [4.69, 9.17) is 9.47 Å². The van der Waals surface area contributed by atoms with Crippen molar-refractivity contribution in [2.24, 2.45) is 11.8 Å². The first-order valence-electron chi connectivity index (χ1n) is 4.88. The first-order valence-corrected chi connectivity index (χ1v) is 4.88. The van der Waals surface area contributed by atoms with Gasteiger partial charge in [-0.2, -0.15) is 0 Å². The molecule has 4 unspecified atom stereocenters. The van der Waals surface area contributed by atoms with Crippen LogP contribution in [0.15, 0.2) is 24.3 Å². The van der Waals surface area contributed by atoms with Crippen molar-refractivity contribution in [3.63, 3.8) is 0 Å². The average Bonchev–Trinajstić information content (AvgIpc) is 2.37. The Labute approximate surface area is 78.2 Å². The third kappa shape index (κ3) is 0.960. The normalized spacial score (nSPS) is 49.7. The Balaban J connectivity index is 1.86. The second kappa shape index (κ2) is 2.25. The van der Waals surface area contributed by atoms with Crippen molar-refractivity contribution < 1.29 is 9.47 Å². The van der Waals surface area contributed by atoms with E-state index in [1.807, 2.05) is 13.8 Å². The largest absolute Gasteiger partial charge is 0.344 e. The molecule has 0 aromatic heterocycles. The number of hydrogen-bond donors (Lipinski definition) is 0. The molecular weight excluding hydrogens is 164 g/mol. The molecule has 0 radical (unpaired) electrons. The van der Waals surface area contributed by atoms with Crippen LogP contribution in [0.5, 0.6) is 0 Å². The lowest BCUT2D eigenvalue weighted by Gasteiger charge is -2.43. The second-order valence-corrected chi connectivity index (χ2v) is 4.49.